The van der Waals surface area contributed by atoms with Crippen molar-refractivity contribution in [1.82, 2.24) is 23.7 Å². The van der Waals surface area contributed by atoms with Gasteiger partial charge in [-0.1, -0.05) is 11.6 Å². The van der Waals surface area contributed by atoms with E-state index in [-0.39, 0.29) is 17.5 Å². The number of nitrogens with zero attached hydrogens (tertiary/aromatic N) is 5. The van der Waals surface area contributed by atoms with Gasteiger partial charge in [-0.3, -0.25) is 4.40 Å². The number of imidazole rings is 1. The molecule has 0 radical (unpaired) electrons. The van der Waals surface area contributed by atoms with Crippen LogP contribution in [0, 0.1) is 0 Å². The summed E-state index contributed by atoms with van der Waals surface area (Å²) in [5.74, 6) is 0.0624. The fourth-order valence-electron chi connectivity index (χ4n) is 4.56. The highest BCUT2D eigenvalue weighted by Gasteiger charge is 2.26. The largest absolute Gasteiger partial charge is 0.504 e. The Bertz CT molecular complexity index is 1640. The summed E-state index contributed by atoms with van der Waals surface area (Å²) in [4.78, 5) is 15.5. The van der Waals surface area contributed by atoms with Gasteiger partial charge in [0.05, 0.1) is 16.3 Å². The van der Waals surface area contributed by atoms with Crippen molar-refractivity contribution < 1.29 is 14.4 Å². The third kappa shape index (κ3) is 4.85. The van der Waals surface area contributed by atoms with Crippen molar-refractivity contribution in [2.45, 2.75) is 23.8 Å². The zero-order valence-electron chi connectivity index (χ0n) is 20.0. The number of halogens is 1. The molecule has 0 amide bonds. The third-order valence-electron chi connectivity index (χ3n) is 6.38. The van der Waals surface area contributed by atoms with Crippen LogP contribution in [0.15, 0.2) is 71.2 Å². The van der Waals surface area contributed by atoms with Crippen molar-refractivity contribution in [1.29, 1.82) is 0 Å². The minimum absolute atomic E-state index is 0.0235. The Balaban J connectivity index is 1.27. The van der Waals surface area contributed by atoms with E-state index < -0.39 is 11.0 Å². The summed E-state index contributed by atoms with van der Waals surface area (Å²) in [5, 5.41) is 25.8. The second kappa shape index (κ2) is 10.3. The molecule has 3 N–H and O–H groups in total. The lowest BCUT2D eigenvalue weighted by molar-refractivity contribution is 0.342. The van der Waals surface area contributed by atoms with Crippen LogP contribution >= 0.6 is 22.9 Å². The number of hydrogen-bond donors (Lipinski definition) is 3. The van der Waals surface area contributed by atoms with Crippen molar-refractivity contribution in [2.75, 3.05) is 18.4 Å². The van der Waals surface area contributed by atoms with Gasteiger partial charge in [0.2, 0.25) is 5.95 Å². The first-order valence-corrected chi connectivity index (χ1v) is 14.3. The molecule has 6 rings (SSSR count). The Morgan fingerprint density at radius 1 is 1.08 bits per heavy atom. The van der Waals surface area contributed by atoms with Crippen LogP contribution in [-0.2, 0) is 11.0 Å². The van der Waals surface area contributed by atoms with E-state index in [4.69, 9.17) is 21.6 Å². The number of phenols is 2. The van der Waals surface area contributed by atoms with Crippen molar-refractivity contribution in [3.05, 3.63) is 71.3 Å². The van der Waals surface area contributed by atoms with Crippen LogP contribution in [0.5, 0.6) is 11.5 Å². The van der Waals surface area contributed by atoms with Gasteiger partial charge in [-0.15, -0.1) is 11.3 Å². The fraction of sp³-hybridized carbons (Fsp3) is 0.192. The zero-order chi connectivity index (χ0) is 26.2. The Morgan fingerprint density at radius 3 is 2.74 bits per heavy atom. The summed E-state index contributed by atoms with van der Waals surface area (Å²) in [7, 11) is -1.28. The van der Waals surface area contributed by atoms with E-state index in [1.165, 1.54) is 23.5 Å². The fourth-order valence-corrected chi connectivity index (χ4v) is 6.67. The van der Waals surface area contributed by atoms with Gasteiger partial charge >= 0.3 is 0 Å². The van der Waals surface area contributed by atoms with Gasteiger partial charge in [0.1, 0.15) is 16.7 Å². The molecule has 1 saturated heterocycles. The SMILES string of the molecule is O=S(c1ccc(Cl)cc1)N1CCC[C@@H](Nc2nccc(-c3c(-c4ccc(O)c(O)c4)nc4sccn34)n2)C1. The van der Waals surface area contributed by atoms with Crippen LogP contribution in [0.25, 0.3) is 27.6 Å². The summed E-state index contributed by atoms with van der Waals surface area (Å²) < 4.78 is 17.0. The highest BCUT2D eigenvalue weighted by atomic mass is 35.5. The van der Waals surface area contributed by atoms with Crippen LogP contribution in [0.4, 0.5) is 5.95 Å². The lowest BCUT2D eigenvalue weighted by atomic mass is 10.1. The summed E-state index contributed by atoms with van der Waals surface area (Å²) in [6, 6.07) is 13.6. The number of phenolic OH excluding ortho intramolecular Hbond substituents is 2. The first-order valence-electron chi connectivity index (χ1n) is 12.0. The maximum atomic E-state index is 13.1. The number of aromatic nitrogens is 4. The topological polar surface area (TPSA) is 116 Å². The van der Waals surface area contributed by atoms with Gasteiger partial charge in [-0.25, -0.2) is 23.5 Å². The minimum atomic E-state index is -1.28. The third-order valence-corrected chi connectivity index (χ3v) is 8.86. The van der Waals surface area contributed by atoms with Crippen molar-refractivity contribution in [2.24, 2.45) is 0 Å². The second-order valence-corrected chi connectivity index (χ2v) is 11.7. The molecule has 1 aliphatic rings. The van der Waals surface area contributed by atoms with E-state index in [0.717, 1.165) is 34.9 Å². The molecule has 0 saturated carbocycles. The number of fused-ring (bicyclic) bond motifs is 1. The zero-order valence-corrected chi connectivity index (χ0v) is 22.4. The van der Waals surface area contributed by atoms with Crippen LogP contribution in [0.2, 0.25) is 5.02 Å². The van der Waals surface area contributed by atoms with E-state index in [1.807, 2.05) is 26.3 Å². The molecule has 9 nitrogen and oxygen atoms in total. The van der Waals surface area contributed by atoms with Gasteiger partial charge in [0.15, 0.2) is 16.5 Å². The molecule has 0 aliphatic carbocycles. The van der Waals surface area contributed by atoms with E-state index in [0.29, 0.717) is 34.5 Å². The predicted molar refractivity (Wildman–Crippen MR) is 149 cm³/mol. The molecule has 1 unspecified atom stereocenters. The van der Waals surface area contributed by atoms with Crippen molar-refractivity contribution >= 4 is 44.8 Å². The number of nitrogens with one attached hydrogen (secondary N) is 1. The molecule has 5 aromatic rings. The summed E-state index contributed by atoms with van der Waals surface area (Å²) >= 11 is 7.48. The minimum Gasteiger partial charge on any atom is -0.504 e. The molecule has 2 aromatic carbocycles. The molecular weight excluding hydrogens is 544 g/mol. The van der Waals surface area contributed by atoms with Crippen LogP contribution in [0.3, 0.4) is 0 Å². The van der Waals surface area contributed by atoms with Gasteiger partial charge in [0, 0.05) is 47.5 Å². The molecule has 3 aromatic heterocycles. The quantitative estimate of drug-likeness (QED) is 0.242. The summed E-state index contributed by atoms with van der Waals surface area (Å²) in [6.07, 6.45) is 5.41. The molecule has 194 valence electrons. The Labute approximate surface area is 230 Å². The normalized spacial score (nSPS) is 17.0. The molecule has 0 spiro atoms. The first kappa shape index (κ1) is 24.8. The Hall–Kier alpha value is -3.51. The Kier molecular flexibility index (Phi) is 6.75. The molecule has 38 heavy (non-hydrogen) atoms. The average molecular weight is 567 g/mol. The van der Waals surface area contributed by atoms with Gasteiger partial charge < -0.3 is 15.5 Å². The second-order valence-electron chi connectivity index (χ2n) is 8.91. The predicted octanol–water partition coefficient (Wildman–Crippen LogP) is 5.18. The monoisotopic (exact) mass is 566 g/mol. The number of hydrogen-bond acceptors (Lipinski definition) is 8. The van der Waals surface area contributed by atoms with E-state index >= 15 is 0 Å². The van der Waals surface area contributed by atoms with Gasteiger partial charge in [-0.2, -0.15) is 0 Å². The maximum Gasteiger partial charge on any atom is 0.223 e. The number of aromatic hydroxyl groups is 2. The highest BCUT2D eigenvalue weighted by Crippen LogP contribution is 2.37. The smallest absolute Gasteiger partial charge is 0.223 e. The molecule has 0 bridgehead atoms. The van der Waals surface area contributed by atoms with E-state index in [1.54, 1.807) is 36.5 Å². The average Bonchev–Trinajstić information content (AvgIpc) is 3.52. The van der Waals surface area contributed by atoms with Gasteiger partial charge in [-0.05, 0) is 61.4 Å². The number of anilines is 1. The molecule has 4 heterocycles. The molecule has 1 fully saturated rings. The van der Waals surface area contributed by atoms with E-state index in [2.05, 4.69) is 10.3 Å². The molecular formula is C26H23ClN6O3S2. The van der Waals surface area contributed by atoms with Crippen LogP contribution in [-0.4, -0.2) is 57.2 Å². The highest BCUT2D eigenvalue weighted by molar-refractivity contribution is 7.82. The van der Waals surface area contributed by atoms with Crippen molar-refractivity contribution in [3.8, 4) is 34.1 Å². The lowest BCUT2D eigenvalue weighted by Gasteiger charge is -2.32. The number of thiazole rings is 1. The van der Waals surface area contributed by atoms with Crippen molar-refractivity contribution in [3.63, 3.8) is 0 Å². The Morgan fingerprint density at radius 2 is 1.92 bits per heavy atom. The summed E-state index contributed by atoms with van der Waals surface area (Å²) in [6.45, 7) is 1.32. The van der Waals surface area contributed by atoms with E-state index in [9.17, 15) is 14.4 Å². The maximum absolute atomic E-state index is 13.1. The number of benzene rings is 2. The number of rotatable bonds is 6. The summed E-state index contributed by atoms with van der Waals surface area (Å²) in [5.41, 5.74) is 2.71. The lowest BCUT2D eigenvalue weighted by Crippen LogP contribution is -2.43. The molecule has 2 atom stereocenters. The van der Waals surface area contributed by atoms with Gasteiger partial charge in [0.25, 0.3) is 0 Å². The standard InChI is InChI=1S/C26H23ClN6O3S2/c27-17-4-6-19(7-5-17)38(36)32-11-1-2-18(15-32)29-25-28-10-9-20(30-25)24-23(31-26-33(24)12-13-37-26)16-3-8-21(34)22(35)14-16/h3-10,12-14,18,34-35H,1-2,11,15H2,(H,28,29,30)/t18-,38?/m1/s1. The van der Waals surface area contributed by atoms with Crippen LogP contribution in [0.1, 0.15) is 12.8 Å². The first-order chi connectivity index (χ1) is 18.5. The number of piperidine rings is 1. The molecule has 12 heteroatoms. The molecule has 1 aliphatic heterocycles. The van der Waals surface area contributed by atoms with Crippen LogP contribution < -0.4 is 5.32 Å².